The van der Waals surface area contributed by atoms with Crippen molar-refractivity contribution >= 4 is 5.97 Å². The largest absolute Gasteiger partial charge is 0.508 e. The molecule has 1 fully saturated rings. The molecule has 2 unspecified atom stereocenters. The smallest absolute Gasteiger partial charge is 0.310 e. The fraction of sp³-hybridized carbons (Fsp3) is 0.462. The van der Waals surface area contributed by atoms with Crippen LogP contribution in [0.2, 0.25) is 0 Å². The van der Waals surface area contributed by atoms with Gasteiger partial charge in [0.05, 0.1) is 12.5 Å². The van der Waals surface area contributed by atoms with Gasteiger partial charge in [0.15, 0.2) is 0 Å². The van der Waals surface area contributed by atoms with Crippen molar-refractivity contribution in [1.82, 2.24) is 5.32 Å². The fourth-order valence-electron chi connectivity index (χ4n) is 2.25. The number of carbonyl (C=O) groups is 1. The third kappa shape index (κ3) is 2.58. The van der Waals surface area contributed by atoms with Crippen LogP contribution in [0.25, 0.3) is 0 Å². The number of nitrogens with one attached hydrogen (secondary N) is 1. The molecule has 17 heavy (non-hydrogen) atoms. The van der Waals surface area contributed by atoms with Gasteiger partial charge in [0.25, 0.3) is 0 Å². The Morgan fingerprint density at radius 1 is 1.41 bits per heavy atom. The molecule has 0 radical (unpaired) electrons. The highest BCUT2D eigenvalue weighted by Gasteiger charge is 2.34. The number of hydrogen-bond acceptors (Lipinski definition) is 4. The lowest BCUT2D eigenvalue weighted by Gasteiger charge is -2.17. The average molecular weight is 235 g/mol. The Balaban J connectivity index is 2.14. The van der Waals surface area contributed by atoms with E-state index in [0.29, 0.717) is 13.2 Å². The van der Waals surface area contributed by atoms with Gasteiger partial charge in [-0.1, -0.05) is 12.1 Å². The van der Waals surface area contributed by atoms with Crippen LogP contribution >= 0.6 is 0 Å². The van der Waals surface area contributed by atoms with Crippen molar-refractivity contribution < 1.29 is 14.6 Å². The van der Waals surface area contributed by atoms with Crippen molar-refractivity contribution in [1.29, 1.82) is 0 Å². The number of carbonyl (C=O) groups excluding carboxylic acids is 1. The summed E-state index contributed by atoms with van der Waals surface area (Å²) in [6.45, 7) is 3.66. The molecular formula is C13H17NO3. The summed E-state index contributed by atoms with van der Waals surface area (Å²) in [5.74, 6) is 0.108. The second kappa shape index (κ2) is 5.19. The first kappa shape index (κ1) is 11.9. The Labute approximate surface area is 101 Å². The van der Waals surface area contributed by atoms with Gasteiger partial charge in [-0.2, -0.15) is 0 Å². The predicted octanol–water partition coefficient (Wildman–Crippen LogP) is 1.26. The average Bonchev–Trinajstić information content (AvgIpc) is 2.79. The van der Waals surface area contributed by atoms with Crippen LogP contribution in [0.3, 0.4) is 0 Å². The van der Waals surface area contributed by atoms with E-state index in [0.717, 1.165) is 12.1 Å². The minimum absolute atomic E-state index is 0.125. The lowest BCUT2D eigenvalue weighted by molar-refractivity contribution is -0.147. The Morgan fingerprint density at radius 3 is 2.76 bits per heavy atom. The van der Waals surface area contributed by atoms with E-state index in [1.54, 1.807) is 12.1 Å². The monoisotopic (exact) mass is 235 g/mol. The van der Waals surface area contributed by atoms with Crippen LogP contribution in [0.15, 0.2) is 24.3 Å². The molecule has 0 saturated carbocycles. The van der Waals surface area contributed by atoms with Crippen LogP contribution < -0.4 is 5.32 Å². The number of rotatable bonds is 3. The van der Waals surface area contributed by atoms with E-state index in [1.807, 2.05) is 19.1 Å². The van der Waals surface area contributed by atoms with E-state index in [9.17, 15) is 9.90 Å². The Bertz CT molecular complexity index is 388. The Kier molecular flexibility index (Phi) is 3.64. The lowest BCUT2D eigenvalue weighted by atomic mass is 9.89. The van der Waals surface area contributed by atoms with Gasteiger partial charge in [0.2, 0.25) is 0 Å². The van der Waals surface area contributed by atoms with Gasteiger partial charge in [0, 0.05) is 19.0 Å². The van der Waals surface area contributed by atoms with Crippen molar-refractivity contribution in [3.8, 4) is 5.75 Å². The first-order chi connectivity index (χ1) is 8.22. The molecule has 0 aliphatic carbocycles. The molecule has 1 heterocycles. The Hall–Kier alpha value is -1.55. The van der Waals surface area contributed by atoms with Gasteiger partial charge in [-0.15, -0.1) is 0 Å². The van der Waals surface area contributed by atoms with E-state index < -0.39 is 0 Å². The zero-order valence-corrected chi connectivity index (χ0v) is 9.85. The van der Waals surface area contributed by atoms with Crippen LogP contribution in [0.4, 0.5) is 0 Å². The number of phenols is 1. The van der Waals surface area contributed by atoms with Crippen molar-refractivity contribution in [3.05, 3.63) is 29.8 Å². The van der Waals surface area contributed by atoms with Gasteiger partial charge in [-0.3, -0.25) is 4.79 Å². The topological polar surface area (TPSA) is 58.6 Å². The maximum atomic E-state index is 11.8. The number of ether oxygens (including phenoxy) is 1. The molecule has 1 aromatic carbocycles. The molecule has 2 rings (SSSR count). The zero-order chi connectivity index (χ0) is 12.3. The highest BCUT2D eigenvalue weighted by Crippen LogP contribution is 2.29. The molecule has 1 aliphatic rings. The number of hydrogen-bond donors (Lipinski definition) is 2. The molecule has 0 spiro atoms. The van der Waals surface area contributed by atoms with E-state index >= 15 is 0 Å². The minimum atomic E-state index is -0.143. The summed E-state index contributed by atoms with van der Waals surface area (Å²) in [6, 6.07) is 7.02. The molecule has 0 bridgehead atoms. The quantitative estimate of drug-likeness (QED) is 0.774. The van der Waals surface area contributed by atoms with Crippen LogP contribution in [0.1, 0.15) is 18.4 Å². The van der Waals surface area contributed by atoms with Gasteiger partial charge < -0.3 is 15.2 Å². The molecule has 2 atom stereocenters. The van der Waals surface area contributed by atoms with E-state index in [2.05, 4.69) is 5.32 Å². The number of aromatic hydroxyl groups is 1. The summed E-state index contributed by atoms with van der Waals surface area (Å²) in [6.07, 6.45) is 0. The second-order valence-electron chi connectivity index (χ2n) is 4.21. The normalized spacial score (nSPS) is 23.6. The van der Waals surface area contributed by atoms with Crippen LogP contribution in [0.5, 0.6) is 5.75 Å². The molecule has 92 valence electrons. The molecular weight excluding hydrogens is 218 g/mol. The van der Waals surface area contributed by atoms with Crippen LogP contribution in [0, 0.1) is 5.92 Å². The number of esters is 1. The van der Waals surface area contributed by atoms with E-state index in [4.69, 9.17) is 4.74 Å². The van der Waals surface area contributed by atoms with Crippen molar-refractivity contribution in [3.63, 3.8) is 0 Å². The molecule has 1 saturated heterocycles. The zero-order valence-electron chi connectivity index (χ0n) is 9.85. The molecule has 4 heteroatoms. The number of phenolic OH excluding ortho intramolecular Hbond substituents is 1. The van der Waals surface area contributed by atoms with Crippen molar-refractivity contribution in [2.75, 3.05) is 19.7 Å². The van der Waals surface area contributed by atoms with Crippen molar-refractivity contribution in [2.24, 2.45) is 5.92 Å². The summed E-state index contributed by atoms with van der Waals surface area (Å²) in [4.78, 5) is 11.8. The number of benzene rings is 1. The maximum absolute atomic E-state index is 11.8. The summed E-state index contributed by atoms with van der Waals surface area (Å²) in [5.41, 5.74) is 1.06. The van der Waals surface area contributed by atoms with Gasteiger partial charge in [-0.25, -0.2) is 0 Å². The molecule has 1 aliphatic heterocycles. The molecule has 0 amide bonds. The summed E-state index contributed by atoms with van der Waals surface area (Å²) in [7, 11) is 0. The SMILES string of the molecule is CCOC(=O)C1CNCC1c1ccc(O)cc1. The van der Waals surface area contributed by atoms with Gasteiger partial charge in [0.1, 0.15) is 5.75 Å². The first-order valence-electron chi connectivity index (χ1n) is 5.88. The third-order valence-electron chi connectivity index (χ3n) is 3.12. The van der Waals surface area contributed by atoms with Crippen molar-refractivity contribution in [2.45, 2.75) is 12.8 Å². The van der Waals surface area contributed by atoms with Gasteiger partial charge in [-0.05, 0) is 24.6 Å². The van der Waals surface area contributed by atoms with E-state index in [1.165, 1.54) is 0 Å². The standard InChI is InChI=1S/C13H17NO3/c1-2-17-13(16)12-8-14-7-11(12)9-3-5-10(15)6-4-9/h3-6,11-12,14-15H,2,7-8H2,1H3. The Morgan fingerprint density at radius 2 is 2.12 bits per heavy atom. The van der Waals surface area contributed by atoms with E-state index in [-0.39, 0.29) is 23.6 Å². The van der Waals surface area contributed by atoms with Crippen LogP contribution in [-0.4, -0.2) is 30.8 Å². The fourth-order valence-corrected chi connectivity index (χ4v) is 2.25. The second-order valence-corrected chi connectivity index (χ2v) is 4.21. The minimum Gasteiger partial charge on any atom is -0.508 e. The van der Waals surface area contributed by atoms with Crippen LogP contribution in [-0.2, 0) is 9.53 Å². The molecule has 1 aromatic rings. The maximum Gasteiger partial charge on any atom is 0.310 e. The third-order valence-corrected chi connectivity index (χ3v) is 3.12. The molecule has 0 aromatic heterocycles. The highest BCUT2D eigenvalue weighted by atomic mass is 16.5. The molecule has 4 nitrogen and oxygen atoms in total. The first-order valence-corrected chi connectivity index (χ1v) is 5.88. The summed E-state index contributed by atoms with van der Waals surface area (Å²) in [5, 5.41) is 12.5. The highest BCUT2D eigenvalue weighted by molar-refractivity contribution is 5.74. The lowest BCUT2D eigenvalue weighted by Crippen LogP contribution is -2.24. The summed E-state index contributed by atoms with van der Waals surface area (Å²) >= 11 is 0. The summed E-state index contributed by atoms with van der Waals surface area (Å²) < 4.78 is 5.07. The predicted molar refractivity (Wildman–Crippen MR) is 63.8 cm³/mol. The van der Waals surface area contributed by atoms with Gasteiger partial charge >= 0.3 is 5.97 Å². The molecule has 2 N–H and O–H groups in total.